The lowest BCUT2D eigenvalue weighted by molar-refractivity contribution is -0.122. The zero-order valence-electron chi connectivity index (χ0n) is 10.9. The van der Waals surface area contributed by atoms with E-state index in [1.807, 2.05) is 19.1 Å². The van der Waals surface area contributed by atoms with Crippen molar-refractivity contribution in [1.29, 1.82) is 0 Å². The molecule has 3 heteroatoms. The lowest BCUT2D eigenvalue weighted by Gasteiger charge is -2.11. The number of carbonyl (C=O) groups is 1. The van der Waals surface area contributed by atoms with E-state index in [9.17, 15) is 4.79 Å². The van der Waals surface area contributed by atoms with Gasteiger partial charge in [0, 0.05) is 6.54 Å². The van der Waals surface area contributed by atoms with Crippen LogP contribution in [0.15, 0.2) is 24.3 Å². The zero-order chi connectivity index (χ0) is 12.8. The van der Waals surface area contributed by atoms with E-state index < -0.39 is 6.04 Å². The molecule has 0 saturated heterocycles. The molecule has 3 nitrogen and oxygen atoms in total. The van der Waals surface area contributed by atoms with Gasteiger partial charge < -0.3 is 11.1 Å². The van der Waals surface area contributed by atoms with Crippen LogP contribution in [0.3, 0.4) is 0 Å². The van der Waals surface area contributed by atoms with E-state index >= 15 is 0 Å². The first-order chi connectivity index (χ1) is 8.04. The predicted molar refractivity (Wildman–Crippen MR) is 70.6 cm³/mol. The Balaban J connectivity index is 2.50. The SMILES string of the molecule is CC[C@H](N)C(=O)NCc1ccc(C(C)C)cc1. The van der Waals surface area contributed by atoms with Crippen LogP contribution in [0.4, 0.5) is 0 Å². The molecule has 94 valence electrons. The standard InChI is InChI=1S/C14H22N2O/c1-4-13(15)14(17)16-9-11-5-7-12(8-6-11)10(2)3/h5-8,10,13H,4,9,15H2,1-3H3,(H,16,17)/t13-/m0/s1. The summed E-state index contributed by atoms with van der Waals surface area (Å²) < 4.78 is 0. The Labute approximate surface area is 103 Å². The van der Waals surface area contributed by atoms with Gasteiger partial charge in [-0.15, -0.1) is 0 Å². The summed E-state index contributed by atoms with van der Waals surface area (Å²) >= 11 is 0. The molecule has 0 aromatic heterocycles. The van der Waals surface area contributed by atoms with Crippen LogP contribution in [0.25, 0.3) is 0 Å². The number of amides is 1. The van der Waals surface area contributed by atoms with E-state index in [0.29, 0.717) is 18.9 Å². The van der Waals surface area contributed by atoms with Gasteiger partial charge in [-0.2, -0.15) is 0 Å². The van der Waals surface area contributed by atoms with Crippen LogP contribution in [0.2, 0.25) is 0 Å². The quantitative estimate of drug-likeness (QED) is 0.820. The normalized spacial score (nSPS) is 12.5. The average Bonchev–Trinajstić information content (AvgIpc) is 2.35. The molecule has 0 fully saturated rings. The minimum atomic E-state index is -0.398. The molecule has 1 amide bonds. The second-order valence-electron chi connectivity index (χ2n) is 4.63. The van der Waals surface area contributed by atoms with Crippen LogP contribution in [-0.2, 0) is 11.3 Å². The topological polar surface area (TPSA) is 55.1 Å². The maximum atomic E-state index is 11.5. The number of hydrogen-bond donors (Lipinski definition) is 2. The minimum absolute atomic E-state index is 0.0829. The van der Waals surface area contributed by atoms with E-state index in [1.54, 1.807) is 0 Å². The van der Waals surface area contributed by atoms with E-state index in [2.05, 4.69) is 31.3 Å². The van der Waals surface area contributed by atoms with Crippen LogP contribution in [0, 0.1) is 0 Å². The lowest BCUT2D eigenvalue weighted by Crippen LogP contribution is -2.39. The van der Waals surface area contributed by atoms with Crippen LogP contribution < -0.4 is 11.1 Å². The molecule has 1 aromatic carbocycles. The van der Waals surface area contributed by atoms with E-state index in [4.69, 9.17) is 5.73 Å². The van der Waals surface area contributed by atoms with E-state index in [0.717, 1.165) is 5.56 Å². The minimum Gasteiger partial charge on any atom is -0.351 e. The summed E-state index contributed by atoms with van der Waals surface area (Å²) in [6.07, 6.45) is 0.665. The van der Waals surface area contributed by atoms with Crippen molar-refractivity contribution in [2.45, 2.75) is 45.7 Å². The Morgan fingerprint density at radius 3 is 2.35 bits per heavy atom. The van der Waals surface area contributed by atoms with Crippen molar-refractivity contribution in [3.63, 3.8) is 0 Å². The maximum Gasteiger partial charge on any atom is 0.237 e. The highest BCUT2D eigenvalue weighted by atomic mass is 16.2. The van der Waals surface area contributed by atoms with Gasteiger partial charge in [0.1, 0.15) is 0 Å². The highest BCUT2D eigenvalue weighted by Crippen LogP contribution is 2.14. The van der Waals surface area contributed by atoms with Crippen molar-refractivity contribution in [1.82, 2.24) is 5.32 Å². The summed E-state index contributed by atoms with van der Waals surface area (Å²) in [5, 5.41) is 2.83. The van der Waals surface area contributed by atoms with Crippen LogP contribution in [-0.4, -0.2) is 11.9 Å². The Bertz CT molecular complexity index is 357. The third-order valence-electron chi connectivity index (χ3n) is 2.89. The van der Waals surface area contributed by atoms with Gasteiger partial charge in [0.15, 0.2) is 0 Å². The average molecular weight is 234 g/mol. The number of hydrogen-bond acceptors (Lipinski definition) is 2. The van der Waals surface area contributed by atoms with Crippen LogP contribution >= 0.6 is 0 Å². The molecule has 0 unspecified atom stereocenters. The second-order valence-corrected chi connectivity index (χ2v) is 4.63. The molecular formula is C14H22N2O. The summed E-state index contributed by atoms with van der Waals surface area (Å²) in [4.78, 5) is 11.5. The van der Waals surface area contributed by atoms with E-state index in [-0.39, 0.29) is 5.91 Å². The van der Waals surface area contributed by atoms with E-state index in [1.165, 1.54) is 5.56 Å². The van der Waals surface area contributed by atoms with Crippen LogP contribution in [0.5, 0.6) is 0 Å². The molecule has 0 radical (unpaired) electrons. The molecule has 3 N–H and O–H groups in total. The molecule has 1 rings (SSSR count). The van der Waals surface area contributed by atoms with Gasteiger partial charge >= 0.3 is 0 Å². The van der Waals surface area contributed by atoms with Gasteiger partial charge in [-0.25, -0.2) is 0 Å². The number of rotatable bonds is 5. The molecule has 17 heavy (non-hydrogen) atoms. The third-order valence-corrected chi connectivity index (χ3v) is 2.89. The third kappa shape index (κ3) is 4.19. The molecule has 0 saturated carbocycles. The molecular weight excluding hydrogens is 212 g/mol. The summed E-state index contributed by atoms with van der Waals surface area (Å²) in [6, 6.07) is 7.91. The smallest absolute Gasteiger partial charge is 0.237 e. The molecule has 1 aromatic rings. The molecule has 0 bridgehead atoms. The fourth-order valence-corrected chi connectivity index (χ4v) is 1.53. The van der Waals surface area contributed by atoms with Gasteiger partial charge in [-0.3, -0.25) is 4.79 Å². The highest BCUT2D eigenvalue weighted by molar-refractivity contribution is 5.81. The first-order valence-electron chi connectivity index (χ1n) is 6.16. The van der Waals surface area contributed by atoms with Crippen molar-refractivity contribution in [3.05, 3.63) is 35.4 Å². The number of benzene rings is 1. The van der Waals surface area contributed by atoms with Crippen molar-refractivity contribution in [2.24, 2.45) is 5.73 Å². The fourth-order valence-electron chi connectivity index (χ4n) is 1.53. The second kappa shape index (κ2) is 6.40. The Morgan fingerprint density at radius 1 is 1.29 bits per heavy atom. The van der Waals surface area contributed by atoms with Crippen LogP contribution in [0.1, 0.15) is 44.2 Å². The number of nitrogens with one attached hydrogen (secondary N) is 1. The van der Waals surface area contributed by atoms with Crippen molar-refractivity contribution >= 4 is 5.91 Å². The van der Waals surface area contributed by atoms with Crippen molar-refractivity contribution in [2.75, 3.05) is 0 Å². The lowest BCUT2D eigenvalue weighted by atomic mass is 10.0. The Morgan fingerprint density at radius 2 is 1.88 bits per heavy atom. The van der Waals surface area contributed by atoms with Gasteiger partial charge in [0.05, 0.1) is 6.04 Å². The summed E-state index contributed by atoms with van der Waals surface area (Å²) in [5.41, 5.74) is 8.05. The monoisotopic (exact) mass is 234 g/mol. The Kier molecular flexibility index (Phi) is 5.16. The molecule has 1 atom stereocenters. The number of carbonyl (C=O) groups excluding carboxylic acids is 1. The molecule has 0 spiro atoms. The van der Waals surface area contributed by atoms with Gasteiger partial charge in [0.2, 0.25) is 5.91 Å². The van der Waals surface area contributed by atoms with Crippen molar-refractivity contribution in [3.8, 4) is 0 Å². The first kappa shape index (κ1) is 13.7. The predicted octanol–water partition coefficient (Wildman–Crippen LogP) is 2.16. The number of nitrogens with two attached hydrogens (primary N) is 1. The molecule has 0 aliphatic rings. The molecule has 0 aliphatic heterocycles. The van der Waals surface area contributed by atoms with Crippen molar-refractivity contribution < 1.29 is 4.79 Å². The largest absolute Gasteiger partial charge is 0.351 e. The van der Waals surface area contributed by atoms with Gasteiger partial charge in [-0.05, 0) is 23.5 Å². The first-order valence-corrected chi connectivity index (χ1v) is 6.16. The zero-order valence-corrected chi connectivity index (χ0v) is 10.9. The molecule has 0 heterocycles. The molecule has 0 aliphatic carbocycles. The summed E-state index contributed by atoms with van der Waals surface area (Å²) in [6.45, 7) is 6.78. The summed E-state index contributed by atoms with van der Waals surface area (Å²) in [7, 11) is 0. The van der Waals surface area contributed by atoms with Gasteiger partial charge in [0.25, 0.3) is 0 Å². The fraction of sp³-hybridized carbons (Fsp3) is 0.500. The van der Waals surface area contributed by atoms with Gasteiger partial charge in [-0.1, -0.05) is 45.0 Å². The summed E-state index contributed by atoms with van der Waals surface area (Å²) in [5.74, 6) is 0.451. The maximum absolute atomic E-state index is 11.5. The highest BCUT2D eigenvalue weighted by Gasteiger charge is 2.09. The Hall–Kier alpha value is -1.35.